The fourth-order valence-corrected chi connectivity index (χ4v) is 2.11. The molecule has 0 fully saturated rings. The van der Waals surface area contributed by atoms with Crippen LogP contribution in [0.25, 0.3) is 0 Å². The maximum Gasteiger partial charge on any atom is 0.119 e. The smallest absolute Gasteiger partial charge is 0.119 e. The maximum atomic E-state index is 5.73. The first kappa shape index (κ1) is 16.2. The Hall–Kier alpha value is -2.16. The molecule has 0 bridgehead atoms. The molecule has 0 unspecified atom stereocenters. The molecule has 2 aromatic carbocycles. The summed E-state index contributed by atoms with van der Waals surface area (Å²) >= 11 is 0. The van der Waals surface area contributed by atoms with Crippen LogP contribution >= 0.6 is 0 Å². The van der Waals surface area contributed by atoms with Crippen LogP contribution in [0.5, 0.6) is 5.75 Å². The molecule has 0 spiro atoms. The van der Waals surface area contributed by atoms with Gasteiger partial charge in [-0.15, -0.1) is 0 Å². The highest BCUT2D eigenvalue weighted by molar-refractivity contribution is 5.42. The summed E-state index contributed by atoms with van der Waals surface area (Å²) in [5, 5.41) is 8.41. The Bertz CT molecular complexity index is 549. The molecule has 0 aliphatic rings. The van der Waals surface area contributed by atoms with Crippen molar-refractivity contribution in [2.24, 2.45) is 10.2 Å². The van der Waals surface area contributed by atoms with Gasteiger partial charge in [-0.2, -0.15) is 10.2 Å². The predicted molar refractivity (Wildman–Crippen MR) is 91.3 cm³/mol. The highest BCUT2D eigenvalue weighted by atomic mass is 16.5. The summed E-state index contributed by atoms with van der Waals surface area (Å²) in [6.07, 6.45) is 6.27. The van der Waals surface area contributed by atoms with Gasteiger partial charge < -0.3 is 4.74 Å². The largest absolute Gasteiger partial charge is 0.494 e. The zero-order valence-electron chi connectivity index (χ0n) is 13.2. The van der Waals surface area contributed by atoms with Gasteiger partial charge in [0.25, 0.3) is 0 Å². The molecular formula is C19H24N2O. The molecular weight excluding hydrogens is 272 g/mol. The van der Waals surface area contributed by atoms with E-state index in [2.05, 4.69) is 17.2 Å². The number of hydrogen-bond donors (Lipinski definition) is 0. The van der Waals surface area contributed by atoms with Gasteiger partial charge in [0.2, 0.25) is 0 Å². The molecule has 2 rings (SSSR count). The average Bonchev–Trinajstić information content (AvgIpc) is 2.58. The Morgan fingerprint density at radius 3 is 2.05 bits per heavy atom. The molecule has 22 heavy (non-hydrogen) atoms. The van der Waals surface area contributed by atoms with Crippen molar-refractivity contribution in [3.8, 4) is 5.75 Å². The highest BCUT2D eigenvalue weighted by Gasteiger charge is 1.95. The van der Waals surface area contributed by atoms with Gasteiger partial charge in [-0.25, -0.2) is 0 Å². The van der Waals surface area contributed by atoms with E-state index >= 15 is 0 Å². The SMILES string of the molecule is CCCCCCCOc1ccc(/N=N/c2ccccc2)cc1. The first-order valence-electron chi connectivity index (χ1n) is 8.08. The van der Waals surface area contributed by atoms with E-state index < -0.39 is 0 Å². The second kappa shape index (κ2) is 9.72. The molecule has 0 amide bonds. The van der Waals surface area contributed by atoms with Gasteiger partial charge in [-0.1, -0.05) is 50.8 Å². The van der Waals surface area contributed by atoms with Crippen LogP contribution in [0.1, 0.15) is 39.0 Å². The van der Waals surface area contributed by atoms with Crippen LogP contribution in [-0.2, 0) is 0 Å². The third kappa shape index (κ3) is 6.08. The van der Waals surface area contributed by atoms with Gasteiger partial charge in [0, 0.05) is 0 Å². The van der Waals surface area contributed by atoms with Crippen LogP contribution in [0.4, 0.5) is 11.4 Å². The summed E-state index contributed by atoms with van der Waals surface area (Å²) in [4.78, 5) is 0. The zero-order valence-corrected chi connectivity index (χ0v) is 13.2. The van der Waals surface area contributed by atoms with E-state index in [0.717, 1.165) is 30.2 Å². The molecule has 0 heterocycles. The Kier molecular flexibility index (Phi) is 7.16. The van der Waals surface area contributed by atoms with Crippen molar-refractivity contribution >= 4 is 11.4 Å². The van der Waals surface area contributed by atoms with Crippen molar-refractivity contribution in [3.05, 3.63) is 54.6 Å². The van der Waals surface area contributed by atoms with E-state index in [1.807, 2.05) is 54.6 Å². The first-order valence-corrected chi connectivity index (χ1v) is 8.08. The Morgan fingerprint density at radius 1 is 0.727 bits per heavy atom. The van der Waals surface area contributed by atoms with Crippen LogP contribution in [0.3, 0.4) is 0 Å². The van der Waals surface area contributed by atoms with Crippen molar-refractivity contribution in [2.45, 2.75) is 39.0 Å². The number of ether oxygens (including phenoxy) is 1. The summed E-state index contributed by atoms with van der Waals surface area (Å²) in [5.41, 5.74) is 1.69. The van der Waals surface area contributed by atoms with E-state index in [0.29, 0.717) is 0 Å². The van der Waals surface area contributed by atoms with Crippen molar-refractivity contribution in [1.82, 2.24) is 0 Å². The van der Waals surface area contributed by atoms with Gasteiger partial charge >= 0.3 is 0 Å². The second-order valence-corrected chi connectivity index (χ2v) is 5.29. The maximum absolute atomic E-state index is 5.73. The zero-order chi connectivity index (χ0) is 15.5. The number of unbranched alkanes of at least 4 members (excludes halogenated alkanes) is 4. The number of nitrogens with zero attached hydrogens (tertiary/aromatic N) is 2. The first-order chi connectivity index (χ1) is 10.9. The summed E-state index contributed by atoms with van der Waals surface area (Å²) in [6, 6.07) is 17.5. The van der Waals surface area contributed by atoms with Gasteiger partial charge in [0.1, 0.15) is 5.75 Å². The summed E-state index contributed by atoms with van der Waals surface area (Å²) in [6.45, 7) is 3.02. The lowest BCUT2D eigenvalue weighted by molar-refractivity contribution is 0.304. The van der Waals surface area contributed by atoms with Gasteiger partial charge in [-0.05, 0) is 42.8 Å². The van der Waals surface area contributed by atoms with Crippen molar-refractivity contribution in [2.75, 3.05) is 6.61 Å². The topological polar surface area (TPSA) is 34.0 Å². The van der Waals surface area contributed by atoms with Crippen molar-refractivity contribution in [1.29, 1.82) is 0 Å². The number of benzene rings is 2. The molecule has 0 saturated heterocycles. The van der Waals surface area contributed by atoms with Crippen molar-refractivity contribution < 1.29 is 4.74 Å². The fraction of sp³-hybridized carbons (Fsp3) is 0.368. The molecule has 0 aliphatic carbocycles. The summed E-state index contributed by atoms with van der Waals surface area (Å²) < 4.78 is 5.73. The van der Waals surface area contributed by atoms with Crippen molar-refractivity contribution in [3.63, 3.8) is 0 Å². The Labute approximate surface area is 133 Å². The number of azo groups is 1. The third-order valence-electron chi connectivity index (χ3n) is 3.39. The molecule has 116 valence electrons. The van der Waals surface area contributed by atoms with Crippen LogP contribution in [0, 0.1) is 0 Å². The Morgan fingerprint density at radius 2 is 1.36 bits per heavy atom. The normalized spacial score (nSPS) is 11.0. The van der Waals surface area contributed by atoms with E-state index in [1.54, 1.807) is 0 Å². The lowest BCUT2D eigenvalue weighted by Crippen LogP contribution is -1.96. The average molecular weight is 296 g/mol. The minimum Gasteiger partial charge on any atom is -0.494 e. The Balaban J connectivity index is 1.74. The fourth-order valence-electron chi connectivity index (χ4n) is 2.11. The summed E-state index contributed by atoms with van der Waals surface area (Å²) in [5.74, 6) is 0.897. The predicted octanol–water partition coefficient (Wildman–Crippen LogP) is 6.45. The minimum absolute atomic E-state index is 0.786. The summed E-state index contributed by atoms with van der Waals surface area (Å²) in [7, 11) is 0. The second-order valence-electron chi connectivity index (χ2n) is 5.29. The lowest BCUT2D eigenvalue weighted by Gasteiger charge is -2.05. The molecule has 0 aliphatic heterocycles. The van der Waals surface area contributed by atoms with E-state index in [1.165, 1.54) is 25.7 Å². The van der Waals surface area contributed by atoms with Crippen LogP contribution in [-0.4, -0.2) is 6.61 Å². The molecule has 0 radical (unpaired) electrons. The van der Waals surface area contributed by atoms with E-state index in [9.17, 15) is 0 Å². The van der Waals surface area contributed by atoms with Crippen LogP contribution in [0.2, 0.25) is 0 Å². The third-order valence-corrected chi connectivity index (χ3v) is 3.39. The van der Waals surface area contributed by atoms with Gasteiger partial charge in [-0.3, -0.25) is 0 Å². The quantitative estimate of drug-likeness (QED) is 0.386. The monoisotopic (exact) mass is 296 g/mol. The van der Waals surface area contributed by atoms with Crippen LogP contribution < -0.4 is 4.74 Å². The molecule has 3 nitrogen and oxygen atoms in total. The molecule has 2 aromatic rings. The van der Waals surface area contributed by atoms with E-state index in [-0.39, 0.29) is 0 Å². The van der Waals surface area contributed by atoms with Crippen LogP contribution in [0.15, 0.2) is 64.8 Å². The number of hydrogen-bond acceptors (Lipinski definition) is 3. The number of rotatable bonds is 9. The molecule has 0 saturated carbocycles. The molecule has 3 heteroatoms. The molecule has 0 atom stereocenters. The highest BCUT2D eigenvalue weighted by Crippen LogP contribution is 2.21. The van der Waals surface area contributed by atoms with Gasteiger partial charge in [0.15, 0.2) is 0 Å². The lowest BCUT2D eigenvalue weighted by atomic mass is 10.2. The van der Waals surface area contributed by atoms with Gasteiger partial charge in [0.05, 0.1) is 18.0 Å². The minimum atomic E-state index is 0.786. The molecule has 0 aromatic heterocycles. The standard InChI is InChI=1S/C19H24N2O/c1-2-3-4-5-9-16-22-19-14-12-18(13-15-19)21-20-17-10-7-6-8-11-17/h6-8,10-15H,2-5,9,16H2,1H3/b21-20+. The molecule has 0 N–H and O–H groups in total. The van der Waals surface area contributed by atoms with E-state index in [4.69, 9.17) is 4.74 Å².